The van der Waals surface area contributed by atoms with Gasteiger partial charge in [-0.05, 0) is 37.8 Å². The van der Waals surface area contributed by atoms with Crippen molar-refractivity contribution in [2.75, 3.05) is 26.2 Å². The average molecular weight is 251 g/mol. The van der Waals surface area contributed by atoms with Gasteiger partial charge in [0.2, 0.25) is 0 Å². The molecule has 1 fully saturated rings. The lowest BCUT2D eigenvalue weighted by Gasteiger charge is -2.31. The van der Waals surface area contributed by atoms with E-state index in [0.717, 1.165) is 44.5 Å². The van der Waals surface area contributed by atoms with E-state index in [1.54, 1.807) is 0 Å². The predicted molar refractivity (Wildman–Crippen MR) is 72.6 cm³/mol. The number of hydrogen-bond acceptors (Lipinski definition) is 3. The Kier molecular flexibility index (Phi) is 5.39. The molecule has 2 rings (SSSR count). The van der Waals surface area contributed by atoms with Gasteiger partial charge in [-0.2, -0.15) is 0 Å². The maximum absolute atomic E-state index is 12.5. The zero-order chi connectivity index (χ0) is 12.8. The average Bonchev–Trinajstić information content (AvgIpc) is 2.38. The van der Waals surface area contributed by atoms with Gasteiger partial charge in [0.05, 0.1) is 6.61 Å². The fraction of sp³-hybridized carbons (Fsp3) is 0.800. The highest BCUT2D eigenvalue weighted by atomic mass is 16.5. The molecular formula is C15H25NO2. The second-order valence-corrected chi connectivity index (χ2v) is 5.30. The molecule has 0 radical (unpaired) electrons. The third-order valence-electron chi connectivity index (χ3n) is 4.00. The summed E-state index contributed by atoms with van der Waals surface area (Å²) in [6, 6.07) is 0. The van der Waals surface area contributed by atoms with Crippen LogP contribution in [0.25, 0.3) is 0 Å². The summed E-state index contributed by atoms with van der Waals surface area (Å²) in [6.45, 7) is 5.57. The molecule has 3 nitrogen and oxygen atoms in total. The van der Waals surface area contributed by atoms with Crippen molar-refractivity contribution in [3.8, 4) is 0 Å². The zero-order valence-electron chi connectivity index (χ0n) is 11.5. The normalized spacial score (nSPS) is 27.2. The number of carbonyl (C=O) groups is 1. The van der Waals surface area contributed by atoms with Gasteiger partial charge in [0.1, 0.15) is 6.10 Å². The molecule has 0 spiro atoms. The van der Waals surface area contributed by atoms with Crippen LogP contribution in [0.4, 0.5) is 0 Å². The summed E-state index contributed by atoms with van der Waals surface area (Å²) in [7, 11) is 0. The van der Waals surface area contributed by atoms with Gasteiger partial charge in [-0.15, -0.1) is 0 Å². The number of morpholine rings is 1. The molecule has 0 bridgehead atoms. The van der Waals surface area contributed by atoms with E-state index in [-0.39, 0.29) is 11.9 Å². The summed E-state index contributed by atoms with van der Waals surface area (Å²) in [4.78, 5) is 14.8. The first-order valence-corrected chi connectivity index (χ1v) is 7.38. The molecule has 1 aliphatic carbocycles. The Morgan fingerprint density at radius 3 is 3.06 bits per heavy atom. The Morgan fingerprint density at radius 2 is 2.22 bits per heavy atom. The summed E-state index contributed by atoms with van der Waals surface area (Å²) in [6.07, 6.45) is 8.90. The molecule has 1 saturated heterocycles. The van der Waals surface area contributed by atoms with E-state index >= 15 is 0 Å². The molecule has 2 aliphatic rings. The highest BCUT2D eigenvalue weighted by Crippen LogP contribution is 2.20. The summed E-state index contributed by atoms with van der Waals surface area (Å²) >= 11 is 0. The van der Waals surface area contributed by atoms with E-state index in [1.165, 1.54) is 19.3 Å². The zero-order valence-corrected chi connectivity index (χ0v) is 11.5. The fourth-order valence-corrected chi connectivity index (χ4v) is 2.77. The number of ether oxygens (including phenoxy) is 1. The van der Waals surface area contributed by atoms with Crippen molar-refractivity contribution in [2.45, 2.75) is 51.6 Å². The number of Topliss-reactive ketones (excluding diaryl/α,β-unsaturated/α-hetero) is 1. The van der Waals surface area contributed by atoms with Crippen molar-refractivity contribution < 1.29 is 9.53 Å². The quantitative estimate of drug-likeness (QED) is 0.772. The van der Waals surface area contributed by atoms with Gasteiger partial charge >= 0.3 is 0 Å². The molecule has 3 heteroatoms. The van der Waals surface area contributed by atoms with Crippen LogP contribution in [-0.4, -0.2) is 43.0 Å². The first kappa shape index (κ1) is 13.8. The number of likely N-dealkylation sites (N-methyl/N-ethyl adjacent to an activating group) is 1. The van der Waals surface area contributed by atoms with Gasteiger partial charge < -0.3 is 4.74 Å². The van der Waals surface area contributed by atoms with Gasteiger partial charge in [0, 0.05) is 13.1 Å². The maximum atomic E-state index is 12.5. The monoisotopic (exact) mass is 251 g/mol. The molecule has 0 aromatic rings. The molecule has 1 atom stereocenters. The van der Waals surface area contributed by atoms with Crippen molar-refractivity contribution in [1.29, 1.82) is 0 Å². The van der Waals surface area contributed by atoms with Crippen LogP contribution in [0.2, 0.25) is 0 Å². The van der Waals surface area contributed by atoms with Crippen LogP contribution < -0.4 is 0 Å². The lowest BCUT2D eigenvalue weighted by Crippen LogP contribution is -2.46. The van der Waals surface area contributed by atoms with Crippen molar-refractivity contribution in [1.82, 2.24) is 4.90 Å². The number of nitrogens with zero attached hydrogens (tertiary/aromatic N) is 1. The van der Waals surface area contributed by atoms with Gasteiger partial charge in [-0.1, -0.05) is 25.8 Å². The van der Waals surface area contributed by atoms with Crippen LogP contribution in [0.5, 0.6) is 0 Å². The molecule has 0 aromatic heterocycles. The molecule has 0 N–H and O–H groups in total. The molecule has 1 heterocycles. The van der Waals surface area contributed by atoms with Crippen LogP contribution in [0, 0.1) is 0 Å². The molecular weight excluding hydrogens is 226 g/mol. The number of ketones is 1. The van der Waals surface area contributed by atoms with Gasteiger partial charge in [-0.3, -0.25) is 9.69 Å². The van der Waals surface area contributed by atoms with E-state index in [2.05, 4.69) is 17.9 Å². The lowest BCUT2D eigenvalue weighted by atomic mass is 9.94. The van der Waals surface area contributed by atoms with Crippen LogP contribution in [-0.2, 0) is 9.53 Å². The highest BCUT2D eigenvalue weighted by Gasteiger charge is 2.27. The Labute approximate surface area is 110 Å². The first-order chi connectivity index (χ1) is 8.81. The second kappa shape index (κ2) is 7.05. The minimum absolute atomic E-state index is 0.218. The largest absolute Gasteiger partial charge is 0.367 e. The topological polar surface area (TPSA) is 29.5 Å². The van der Waals surface area contributed by atoms with E-state index < -0.39 is 0 Å². The van der Waals surface area contributed by atoms with E-state index in [1.807, 2.05) is 0 Å². The minimum Gasteiger partial charge on any atom is -0.367 e. The Hall–Kier alpha value is -0.670. The fourth-order valence-electron chi connectivity index (χ4n) is 2.77. The number of allylic oxidation sites excluding steroid dienone is 1. The van der Waals surface area contributed by atoms with Crippen LogP contribution in [0.3, 0.4) is 0 Å². The molecule has 1 unspecified atom stereocenters. The summed E-state index contributed by atoms with van der Waals surface area (Å²) < 4.78 is 5.67. The Morgan fingerprint density at radius 1 is 1.39 bits per heavy atom. The van der Waals surface area contributed by atoms with Crippen molar-refractivity contribution in [2.24, 2.45) is 0 Å². The van der Waals surface area contributed by atoms with E-state index in [0.29, 0.717) is 6.61 Å². The van der Waals surface area contributed by atoms with Crippen molar-refractivity contribution >= 4 is 5.78 Å². The van der Waals surface area contributed by atoms with Crippen LogP contribution >= 0.6 is 0 Å². The Balaban J connectivity index is 1.96. The molecule has 102 valence electrons. The molecule has 0 aromatic carbocycles. The van der Waals surface area contributed by atoms with Crippen molar-refractivity contribution in [3.63, 3.8) is 0 Å². The summed E-state index contributed by atoms with van der Waals surface area (Å²) in [5.41, 5.74) is 1.03. The first-order valence-electron chi connectivity index (χ1n) is 7.38. The van der Waals surface area contributed by atoms with Crippen LogP contribution in [0.15, 0.2) is 11.6 Å². The molecule has 1 aliphatic heterocycles. The third kappa shape index (κ3) is 3.66. The number of rotatable bonds is 3. The smallest absolute Gasteiger partial charge is 0.188 e. The third-order valence-corrected chi connectivity index (χ3v) is 4.00. The maximum Gasteiger partial charge on any atom is 0.188 e. The van der Waals surface area contributed by atoms with Crippen molar-refractivity contribution in [3.05, 3.63) is 11.6 Å². The summed E-state index contributed by atoms with van der Waals surface area (Å²) in [5, 5.41) is 0. The van der Waals surface area contributed by atoms with Gasteiger partial charge in [0.15, 0.2) is 5.78 Å². The van der Waals surface area contributed by atoms with Gasteiger partial charge in [0.25, 0.3) is 0 Å². The Bertz CT molecular complexity index is 312. The minimum atomic E-state index is -0.218. The van der Waals surface area contributed by atoms with Crippen LogP contribution in [0.1, 0.15) is 45.4 Å². The predicted octanol–water partition coefficient (Wildman–Crippen LogP) is 2.56. The summed E-state index contributed by atoms with van der Waals surface area (Å²) in [5.74, 6) is 0.245. The second-order valence-electron chi connectivity index (χ2n) is 5.30. The molecule has 0 amide bonds. The molecule has 18 heavy (non-hydrogen) atoms. The van der Waals surface area contributed by atoms with E-state index in [4.69, 9.17) is 4.74 Å². The molecule has 0 saturated carbocycles. The number of carbonyl (C=O) groups excluding carboxylic acids is 1. The standard InChI is InChI=1S/C15H25NO2/c1-2-16-10-11-18-14(12-16)15(17)13-8-6-4-3-5-7-9-13/h8,14H,2-7,9-12H2,1H3. The lowest BCUT2D eigenvalue weighted by molar-refractivity contribution is -0.132. The van der Waals surface area contributed by atoms with E-state index in [9.17, 15) is 4.79 Å². The number of hydrogen-bond donors (Lipinski definition) is 0. The van der Waals surface area contributed by atoms with Gasteiger partial charge in [-0.25, -0.2) is 0 Å². The SMILES string of the molecule is CCN1CCOC(C(=O)C2=CCCCCCC2)C1. The highest BCUT2D eigenvalue weighted by molar-refractivity contribution is 5.99.